The van der Waals surface area contributed by atoms with Crippen molar-refractivity contribution >= 4 is 17.5 Å². The van der Waals surface area contributed by atoms with Gasteiger partial charge in [-0.25, -0.2) is 0 Å². The average molecular weight is 293 g/mol. The van der Waals surface area contributed by atoms with Crippen LogP contribution in [0.5, 0.6) is 0 Å². The van der Waals surface area contributed by atoms with Crippen molar-refractivity contribution in [3.63, 3.8) is 0 Å². The Balaban J connectivity index is 1.88. The lowest BCUT2D eigenvalue weighted by Crippen LogP contribution is -2.47. The first kappa shape index (κ1) is 15.4. The van der Waals surface area contributed by atoms with Crippen molar-refractivity contribution in [2.75, 3.05) is 25.4 Å². The molecule has 116 valence electrons. The number of hydrogen-bond acceptors (Lipinski definition) is 4. The summed E-state index contributed by atoms with van der Waals surface area (Å²) in [5.74, 6) is -0.407. The van der Waals surface area contributed by atoms with Crippen LogP contribution in [0.3, 0.4) is 0 Å². The molecule has 7 heteroatoms. The highest BCUT2D eigenvalue weighted by Crippen LogP contribution is 2.13. The Kier molecular flexibility index (Phi) is 4.85. The standard InChI is InChI=1S/C14H23N5O2/c1-2-19-8-10(15)7-12(19)14(21)17-11-3-5-18(6-4-11)9-13(16)20/h7-8,11H,2-6,9,15H2,1H3,(H2,16,20)(H,17,21). The van der Waals surface area contributed by atoms with E-state index in [-0.39, 0.29) is 24.4 Å². The van der Waals surface area contributed by atoms with Gasteiger partial charge in [0, 0.05) is 31.9 Å². The van der Waals surface area contributed by atoms with E-state index in [2.05, 4.69) is 5.32 Å². The summed E-state index contributed by atoms with van der Waals surface area (Å²) in [7, 11) is 0. The number of anilines is 1. The number of nitrogens with zero attached hydrogens (tertiary/aromatic N) is 2. The molecule has 0 unspecified atom stereocenters. The number of aryl methyl sites for hydroxylation is 1. The molecule has 0 spiro atoms. The fourth-order valence-electron chi connectivity index (χ4n) is 2.70. The quantitative estimate of drug-likeness (QED) is 0.697. The van der Waals surface area contributed by atoms with Gasteiger partial charge in [-0.2, -0.15) is 0 Å². The first-order chi connectivity index (χ1) is 9.99. The second-order valence-corrected chi connectivity index (χ2v) is 5.43. The minimum atomic E-state index is -0.311. The van der Waals surface area contributed by atoms with E-state index in [0.717, 1.165) is 25.9 Å². The summed E-state index contributed by atoms with van der Waals surface area (Å²) in [5, 5.41) is 3.04. The first-order valence-electron chi connectivity index (χ1n) is 7.26. The molecule has 1 fully saturated rings. The summed E-state index contributed by atoms with van der Waals surface area (Å²) < 4.78 is 1.84. The molecule has 21 heavy (non-hydrogen) atoms. The van der Waals surface area contributed by atoms with Gasteiger partial charge in [0.25, 0.3) is 5.91 Å². The smallest absolute Gasteiger partial charge is 0.268 e. The molecule has 0 atom stereocenters. The van der Waals surface area contributed by atoms with Gasteiger partial charge in [0.05, 0.1) is 12.2 Å². The van der Waals surface area contributed by atoms with E-state index >= 15 is 0 Å². The van der Waals surface area contributed by atoms with Crippen LogP contribution in [0.15, 0.2) is 12.3 Å². The van der Waals surface area contributed by atoms with Crippen LogP contribution >= 0.6 is 0 Å². The maximum absolute atomic E-state index is 12.3. The number of nitrogens with one attached hydrogen (secondary N) is 1. The van der Waals surface area contributed by atoms with E-state index in [0.29, 0.717) is 17.9 Å². The Morgan fingerprint density at radius 1 is 1.38 bits per heavy atom. The molecular weight excluding hydrogens is 270 g/mol. The number of amides is 2. The third-order valence-corrected chi connectivity index (χ3v) is 3.79. The number of carbonyl (C=O) groups excluding carboxylic acids is 2. The first-order valence-corrected chi connectivity index (χ1v) is 7.26. The number of carbonyl (C=O) groups is 2. The monoisotopic (exact) mass is 293 g/mol. The van der Waals surface area contributed by atoms with Crippen molar-refractivity contribution < 1.29 is 9.59 Å². The summed E-state index contributed by atoms with van der Waals surface area (Å²) in [6.45, 7) is 4.50. The van der Waals surface area contributed by atoms with Crippen molar-refractivity contribution in [1.29, 1.82) is 0 Å². The zero-order chi connectivity index (χ0) is 15.4. The van der Waals surface area contributed by atoms with Crippen molar-refractivity contribution in [1.82, 2.24) is 14.8 Å². The maximum atomic E-state index is 12.3. The van der Waals surface area contributed by atoms with Gasteiger partial charge in [-0.15, -0.1) is 0 Å². The molecule has 2 heterocycles. The molecule has 1 aliphatic heterocycles. The number of rotatable bonds is 5. The second kappa shape index (κ2) is 6.62. The van der Waals surface area contributed by atoms with Crippen LogP contribution in [-0.2, 0) is 11.3 Å². The molecule has 0 saturated carbocycles. The minimum absolute atomic E-state index is 0.0955. The third kappa shape index (κ3) is 3.98. The second-order valence-electron chi connectivity index (χ2n) is 5.43. The summed E-state index contributed by atoms with van der Waals surface area (Å²) in [4.78, 5) is 25.2. The van der Waals surface area contributed by atoms with Gasteiger partial charge in [0.1, 0.15) is 5.69 Å². The molecule has 1 aromatic rings. The predicted molar refractivity (Wildman–Crippen MR) is 80.6 cm³/mol. The largest absolute Gasteiger partial charge is 0.397 e. The Hall–Kier alpha value is -2.02. The molecule has 0 radical (unpaired) electrons. The molecule has 0 bridgehead atoms. The summed E-state index contributed by atoms with van der Waals surface area (Å²) in [6, 6.07) is 1.82. The van der Waals surface area contributed by atoms with Gasteiger partial charge in [0.2, 0.25) is 5.91 Å². The van der Waals surface area contributed by atoms with E-state index in [1.165, 1.54) is 0 Å². The number of piperidine rings is 1. The Morgan fingerprint density at radius 2 is 2.05 bits per heavy atom. The van der Waals surface area contributed by atoms with Crippen LogP contribution in [0.2, 0.25) is 0 Å². The number of hydrogen-bond donors (Lipinski definition) is 3. The highest BCUT2D eigenvalue weighted by molar-refractivity contribution is 5.94. The molecule has 0 aromatic carbocycles. The summed E-state index contributed by atoms with van der Waals surface area (Å²) >= 11 is 0. The van der Waals surface area contributed by atoms with Gasteiger partial charge in [-0.3, -0.25) is 14.5 Å². The van der Waals surface area contributed by atoms with Crippen LogP contribution in [0.4, 0.5) is 5.69 Å². The highest BCUT2D eigenvalue weighted by atomic mass is 16.2. The highest BCUT2D eigenvalue weighted by Gasteiger charge is 2.23. The van der Waals surface area contributed by atoms with Gasteiger partial charge in [-0.1, -0.05) is 0 Å². The van der Waals surface area contributed by atoms with Crippen LogP contribution in [0.25, 0.3) is 0 Å². The Bertz CT molecular complexity index is 517. The zero-order valence-electron chi connectivity index (χ0n) is 12.3. The molecule has 5 N–H and O–H groups in total. The normalized spacial score (nSPS) is 16.8. The lowest BCUT2D eigenvalue weighted by Gasteiger charge is -2.31. The van der Waals surface area contributed by atoms with E-state index in [1.54, 1.807) is 12.3 Å². The number of nitrogen functional groups attached to an aromatic ring is 1. The SMILES string of the molecule is CCn1cc(N)cc1C(=O)NC1CCN(CC(N)=O)CC1. The summed E-state index contributed by atoms with van der Waals surface area (Å²) in [5.41, 5.74) is 12.1. The molecule has 1 saturated heterocycles. The van der Waals surface area contributed by atoms with Crippen LogP contribution in [-0.4, -0.2) is 47.0 Å². The lowest BCUT2D eigenvalue weighted by molar-refractivity contribution is -0.119. The Labute approximate surface area is 124 Å². The van der Waals surface area contributed by atoms with Crippen LogP contribution < -0.4 is 16.8 Å². The van der Waals surface area contributed by atoms with Gasteiger partial charge >= 0.3 is 0 Å². The topological polar surface area (TPSA) is 106 Å². The van der Waals surface area contributed by atoms with Crippen LogP contribution in [0, 0.1) is 0 Å². The molecule has 2 rings (SSSR count). The molecule has 0 aliphatic carbocycles. The molecule has 1 aliphatic rings. The Morgan fingerprint density at radius 3 is 2.62 bits per heavy atom. The van der Waals surface area contributed by atoms with Crippen LogP contribution in [0.1, 0.15) is 30.3 Å². The summed E-state index contributed by atoms with van der Waals surface area (Å²) in [6.07, 6.45) is 3.41. The number of likely N-dealkylation sites (tertiary alicyclic amines) is 1. The van der Waals surface area contributed by atoms with E-state index < -0.39 is 0 Å². The number of nitrogens with two attached hydrogens (primary N) is 2. The average Bonchev–Trinajstić information content (AvgIpc) is 2.82. The van der Waals surface area contributed by atoms with Gasteiger partial charge in [0.15, 0.2) is 0 Å². The predicted octanol–water partition coefficient (Wildman–Crippen LogP) is -0.230. The van der Waals surface area contributed by atoms with E-state index in [1.807, 2.05) is 16.4 Å². The number of primary amides is 1. The third-order valence-electron chi connectivity index (χ3n) is 3.79. The number of aromatic nitrogens is 1. The fourth-order valence-corrected chi connectivity index (χ4v) is 2.70. The van der Waals surface area contributed by atoms with Crippen molar-refractivity contribution in [3.05, 3.63) is 18.0 Å². The molecule has 2 amide bonds. The zero-order valence-corrected chi connectivity index (χ0v) is 12.3. The molecule has 7 nitrogen and oxygen atoms in total. The van der Waals surface area contributed by atoms with Gasteiger partial charge < -0.3 is 21.4 Å². The molecular formula is C14H23N5O2. The van der Waals surface area contributed by atoms with Crippen molar-refractivity contribution in [3.8, 4) is 0 Å². The van der Waals surface area contributed by atoms with E-state index in [9.17, 15) is 9.59 Å². The lowest BCUT2D eigenvalue weighted by atomic mass is 10.0. The maximum Gasteiger partial charge on any atom is 0.268 e. The van der Waals surface area contributed by atoms with Crippen molar-refractivity contribution in [2.45, 2.75) is 32.4 Å². The molecule has 1 aromatic heterocycles. The van der Waals surface area contributed by atoms with E-state index in [4.69, 9.17) is 11.5 Å². The van der Waals surface area contributed by atoms with Gasteiger partial charge in [-0.05, 0) is 25.8 Å². The minimum Gasteiger partial charge on any atom is -0.397 e. The van der Waals surface area contributed by atoms with Crippen molar-refractivity contribution in [2.24, 2.45) is 5.73 Å². The fraction of sp³-hybridized carbons (Fsp3) is 0.571.